The van der Waals surface area contributed by atoms with Gasteiger partial charge in [-0.05, 0) is 19.1 Å². The van der Waals surface area contributed by atoms with Gasteiger partial charge in [-0.2, -0.15) is 0 Å². The van der Waals surface area contributed by atoms with Crippen molar-refractivity contribution in [3.05, 3.63) is 18.3 Å². The average molecular weight is 301 g/mol. The average Bonchev–Trinajstić information content (AvgIpc) is 2.39. The number of hydrogen-bond acceptors (Lipinski definition) is 5. The van der Waals surface area contributed by atoms with E-state index in [-0.39, 0.29) is 11.3 Å². The van der Waals surface area contributed by atoms with Crippen LogP contribution in [-0.4, -0.2) is 56.0 Å². The molecule has 0 radical (unpaired) electrons. The van der Waals surface area contributed by atoms with Gasteiger partial charge in [-0.3, -0.25) is 4.79 Å². The summed E-state index contributed by atoms with van der Waals surface area (Å²) >= 11 is 0. The lowest BCUT2D eigenvalue weighted by Crippen LogP contribution is -2.27. The number of carboxylic acids is 1. The van der Waals surface area contributed by atoms with Crippen LogP contribution >= 0.6 is 0 Å². The van der Waals surface area contributed by atoms with Crippen LogP contribution in [0.3, 0.4) is 0 Å². The van der Waals surface area contributed by atoms with Crippen LogP contribution < -0.4 is 4.90 Å². The molecule has 0 atom stereocenters. The van der Waals surface area contributed by atoms with Crippen molar-refractivity contribution in [2.45, 2.75) is 18.2 Å². The molecule has 0 aliphatic rings. The minimum Gasteiger partial charge on any atom is -0.481 e. The number of pyridine rings is 1. The van der Waals surface area contributed by atoms with Crippen LogP contribution in [0.4, 0.5) is 5.82 Å². The van der Waals surface area contributed by atoms with Crippen molar-refractivity contribution in [2.75, 3.05) is 32.1 Å². The second kappa shape index (κ2) is 6.67. The molecule has 0 aromatic carbocycles. The van der Waals surface area contributed by atoms with Crippen molar-refractivity contribution in [1.29, 1.82) is 0 Å². The van der Waals surface area contributed by atoms with Crippen LogP contribution in [-0.2, 0) is 14.8 Å². The van der Waals surface area contributed by atoms with Gasteiger partial charge >= 0.3 is 5.97 Å². The summed E-state index contributed by atoms with van der Waals surface area (Å²) in [7, 11) is -0.588. The molecule has 0 spiro atoms. The molecule has 1 heterocycles. The molecule has 8 heteroatoms. The Morgan fingerprint density at radius 1 is 1.35 bits per heavy atom. The molecule has 0 amide bonds. The van der Waals surface area contributed by atoms with Gasteiger partial charge in [0.15, 0.2) is 0 Å². The molecule has 0 saturated heterocycles. The maximum absolute atomic E-state index is 11.9. The Hall–Kier alpha value is -1.67. The summed E-state index contributed by atoms with van der Waals surface area (Å²) in [6.45, 7) is 2.81. The zero-order valence-electron chi connectivity index (χ0n) is 11.8. The molecule has 0 aliphatic carbocycles. The molecule has 1 rings (SSSR count). The van der Waals surface area contributed by atoms with Crippen LogP contribution in [0, 0.1) is 0 Å². The second-order valence-corrected chi connectivity index (χ2v) is 6.51. The third-order valence-electron chi connectivity index (χ3n) is 2.80. The van der Waals surface area contributed by atoms with Crippen molar-refractivity contribution >= 4 is 21.8 Å². The fraction of sp³-hybridized carbons (Fsp3) is 0.500. The van der Waals surface area contributed by atoms with Gasteiger partial charge in [0, 0.05) is 33.4 Å². The summed E-state index contributed by atoms with van der Waals surface area (Å²) in [6, 6.07) is 3.06. The molecule has 0 unspecified atom stereocenters. The Bertz CT molecular complexity index is 555. The van der Waals surface area contributed by atoms with E-state index in [1.54, 1.807) is 11.0 Å². The number of nitrogens with zero attached hydrogens (tertiary/aromatic N) is 3. The number of hydrogen-bond donors (Lipinski definition) is 1. The summed E-state index contributed by atoms with van der Waals surface area (Å²) in [6.07, 6.45) is 1.29. The number of sulfonamides is 1. The summed E-state index contributed by atoms with van der Waals surface area (Å²) in [5, 5.41) is 8.68. The van der Waals surface area contributed by atoms with Crippen molar-refractivity contribution in [3.63, 3.8) is 0 Å². The van der Waals surface area contributed by atoms with Gasteiger partial charge in [0.05, 0.1) is 6.42 Å². The molecule has 7 nitrogen and oxygen atoms in total. The molecule has 112 valence electrons. The minimum atomic E-state index is -3.49. The van der Waals surface area contributed by atoms with Crippen molar-refractivity contribution in [1.82, 2.24) is 9.29 Å². The van der Waals surface area contributed by atoms with E-state index in [0.717, 1.165) is 4.31 Å². The highest BCUT2D eigenvalue weighted by Crippen LogP contribution is 2.16. The Balaban J connectivity index is 2.92. The van der Waals surface area contributed by atoms with E-state index < -0.39 is 16.0 Å². The Morgan fingerprint density at radius 2 is 2.00 bits per heavy atom. The van der Waals surface area contributed by atoms with E-state index in [9.17, 15) is 13.2 Å². The predicted octanol–water partition coefficient (Wildman–Crippen LogP) is 0.633. The number of aromatic nitrogens is 1. The highest BCUT2D eigenvalue weighted by Gasteiger charge is 2.18. The van der Waals surface area contributed by atoms with Gasteiger partial charge in [-0.15, -0.1) is 0 Å². The first-order valence-electron chi connectivity index (χ1n) is 6.14. The molecule has 0 saturated carbocycles. The number of carboxylic acid groups (broad SMARTS) is 1. The third kappa shape index (κ3) is 3.91. The summed E-state index contributed by atoms with van der Waals surface area (Å²) < 4.78 is 24.9. The molecule has 1 aromatic rings. The third-order valence-corrected chi connectivity index (χ3v) is 4.60. The quantitative estimate of drug-likeness (QED) is 0.794. The van der Waals surface area contributed by atoms with E-state index in [2.05, 4.69) is 4.98 Å². The van der Waals surface area contributed by atoms with Crippen LogP contribution in [0.15, 0.2) is 23.2 Å². The smallest absolute Gasteiger partial charge is 0.305 e. The highest BCUT2D eigenvalue weighted by atomic mass is 32.2. The molecular weight excluding hydrogens is 282 g/mol. The zero-order chi connectivity index (χ0) is 15.3. The minimum absolute atomic E-state index is 0.00721. The Labute approximate surface area is 118 Å². The van der Waals surface area contributed by atoms with Gasteiger partial charge in [0.25, 0.3) is 0 Å². The Kier molecular flexibility index (Phi) is 5.46. The van der Waals surface area contributed by atoms with Gasteiger partial charge in [-0.1, -0.05) is 0 Å². The van der Waals surface area contributed by atoms with Crippen molar-refractivity contribution in [3.8, 4) is 0 Å². The molecule has 0 aliphatic heterocycles. The topological polar surface area (TPSA) is 90.8 Å². The lowest BCUT2D eigenvalue weighted by molar-refractivity contribution is -0.136. The molecule has 1 aromatic heterocycles. The lowest BCUT2D eigenvalue weighted by Gasteiger charge is -2.21. The number of carbonyl (C=O) groups is 1. The van der Waals surface area contributed by atoms with Gasteiger partial charge in [-0.25, -0.2) is 17.7 Å². The number of anilines is 1. The lowest BCUT2D eigenvalue weighted by atomic mass is 10.3. The summed E-state index contributed by atoms with van der Waals surface area (Å²) in [5.74, 6) is -0.318. The van der Waals surface area contributed by atoms with E-state index in [1.807, 2.05) is 6.92 Å². The van der Waals surface area contributed by atoms with Gasteiger partial charge in [0.1, 0.15) is 10.7 Å². The van der Waals surface area contributed by atoms with E-state index >= 15 is 0 Å². The van der Waals surface area contributed by atoms with Gasteiger partial charge in [0.2, 0.25) is 10.0 Å². The van der Waals surface area contributed by atoms with Crippen LogP contribution in [0.5, 0.6) is 0 Å². The normalized spacial score (nSPS) is 11.6. The largest absolute Gasteiger partial charge is 0.481 e. The first-order chi connectivity index (χ1) is 9.28. The van der Waals surface area contributed by atoms with E-state index in [0.29, 0.717) is 18.9 Å². The Morgan fingerprint density at radius 3 is 2.40 bits per heavy atom. The standard InChI is InChI=1S/C12H19N3O4S/c1-4-15(8-7-12(16)17)11-6-5-10(9-13-11)20(18,19)14(2)3/h5-6,9H,4,7-8H2,1-3H3,(H,16,17). The zero-order valence-corrected chi connectivity index (χ0v) is 12.6. The fourth-order valence-corrected chi connectivity index (χ4v) is 2.44. The summed E-state index contributed by atoms with van der Waals surface area (Å²) in [5.41, 5.74) is 0. The fourth-order valence-electron chi connectivity index (χ4n) is 1.59. The second-order valence-electron chi connectivity index (χ2n) is 4.36. The van der Waals surface area contributed by atoms with Crippen LogP contribution in [0.1, 0.15) is 13.3 Å². The monoisotopic (exact) mass is 301 g/mol. The van der Waals surface area contributed by atoms with E-state index in [4.69, 9.17) is 5.11 Å². The van der Waals surface area contributed by atoms with Crippen molar-refractivity contribution in [2.24, 2.45) is 0 Å². The summed E-state index contributed by atoms with van der Waals surface area (Å²) in [4.78, 5) is 16.6. The maximum atomic E-state index is 11.9. The predicted molar refractivity (Wildman–Crippen MR) is 75.2 cm³/mol. The first kappa shape index (κ1) is 16.4. The number of aliphatic carboxylic acids is 1. The molecule has 20 heavy (non-hydrogen) atoms. The molecule has 0 bridgehead atoms. The molecule has 0 fully saturated rings. The maximum Gasteiger partial charge on any atom is 0.305 e. The number of rotatable bonds is 7. The van der Waals surface area contributed by atoms with E-state index in [1.165, 1.54) is 26.4 Å². The van der Waals surface area contributed by atoms with Crippen LogP contribution in [0.2, 0.25) is 0 Å². The first-order valence-corrected chi connectivity index (χ1v) is 7.58. The molecular formula is C12H19N3O4S. The SMILES string of the molecule is CCN(CCC(=O)O)c1ccc(S(=O)(=O)N(C)C)cn1. The molecule has 1 N–H and O–H groups in total. The van der Waals surface area contributed by atoms with Crippen molar-refractivity contribution < 1.29 is 18.3 Å². The van der Waals surface area contributed by atoms with Crippen LogP contribution in [0.25, 0.3) is 0 Å². The highest BCUT2D eigenvalue weighted by molar-refractivity contribution is 7.89. The van der Waals surface area contributed by atoms with Gasteiger partial charge < -0.3 is 10.0 Å².